The molecule has 2 aromatic heterocycles. The maximum Gasteiger partial charge on any atom is 0.261 e. The van der Waals surface area contributed by atoms with Crippen molar-refractivity contribution in [3.05, 3.63) is 96.5 Å². The van der Waals surface area contributed by atoms with Gasteiger partial charge in [-0.25, -0.2) is 18.4 Å². The fraction of sp³-hybridized carbons (Fsp3) is 0. The molecule has 0 bridgehead atoms. The van der Waals surface area contributed by atoms with E-state index in [9.17, 15) is 8.42 Å². The predicted octanol–water partition coefficient (Wildman–Crippen LogP) is 4.80. The zero-order chi connectivity index (χ0) is 21.0. The molecule has 0 fully saturated rings. The van der Waals surface area contributed by atoms with Crippen LogP contribution in [0, 0.1) is 0 Å². The van der Waals surface area contributed by atoms with Gasteiger partial charge in [-0.3, -0.25) is 14.6 Å². The van der Waals surface area contributed by atoms with Crippen molar-refractivity contribution in [1.82, 2.24) is 15.0 Å². The van der Waals surface area contributed by atoms with Gasteiger partial charge in [0.05, 0.1) is 16.8 Å². The number of sulfonamides is 1. The molecule has 0 atom stereocenters. The molecule has 1 N–H and O–H groups in total. The van der Waals surface area contributed by atoms with E-state index in [2.05, 4.69) is 19.7 Å². The van der Waals surface area contributed by atoms with E-state index in [4.69, 9.17) is 11.6 Å². The Kier molecular flexibility index (Phi) is 5.60. The minimum atomic E-state index is -3.72. The number of nitrogens with one attached hydrogen (secondary N) is 1. The van der Waals surface area contributed by atoms with E-state index in [0.29, 0.717) is 16.7 Å². The first-order valence-corrected chi connectivity index (χ1v) is 10.7. The van der Waals surface area contributed by atoms with E-state index in [1.165, 1.54) is 24.3 Å². The molecule has 2 aromatic carbocycles. The van der Waals surface area contributed by atoms with Gasteiger partial charge in [-0.15, -0.1) is 0 Å². The molecule has 0 radical (unpaired) electrons. The topological polar surface area (TPSA) is 88.1 Å². The van der Waals surface area contributed by atoms with Crippen molar-refractivity contribution in [2.75, 3.05) is 9.62 Å². The summed E-state index contributed by atoms with van der Waals surface area (Å²) < 4.78 is 27.7. The summed E-state index contributed by atoms with van der Waals surface area (Å²) in [5, 5.41) is 0.469. The third-order valence-electron chi connectivity index (χ3n) is 4.16. The van der Waals surface area contributed by atoms with Crippen molar-refractivity contribution in [1.29, 1.82) is 0 Å². The number of nitrogens with zero attached hydrogens (tertiary/aromatic N) is 4. The standard InChI is InChI=1S/C21H16ClN5O2S/c22-16-4-10-20(11-5-16)30(28,29)26-17-6-8-18(9-7-17)27(19-3-1-12-23-15-19)21-24-13-2-14-25-21/h1-15,26H. The van der Waals surface area contributed by atoms with E-state index in [-0.39, 0.29) is 4.90 Å². The summed E-state index contributed by atoms with van der Waals surface area (Å²) in [5.74, 6) is 0.472. The molecule has 0 saturated heterocycles. The maximum absolute atomic E-state index is 12.6. The molecule has 0 aliphatic rings. The summed E-state index contributed by atoms with van der Waals surface area (Å²) >= 11 is 5.84. The average Bonchev–Trinajstić information content (AvgIpc) is 2.77. The van der Waals surface area contributed by atoms with Gasteiger partial charge in [-0.1, -0.05) is 11.6 Å². The first-order chi connectivity index (χ1) is 14.5. The first-order valence-electron chi connectivity index (χ1n) is 8.88. The SMILES string of the molecule is O=S(=O)(Nc1ccc(N(c2cccnc2)c2ncccn2)cc1)c1ccc(Cl)cc1. The van der Waals surface area contributed by atoms with Crippen LogP contribution in [-0.2, 0) is 10.0 Å². The Morgan fingerprint density at radius 3 is 2.13 bits per heavy atom. The smallest absolute Gasteiger partial charge is 0.261 e. The molecule has 0 aliphatic carbocycles. The molecule has 30 heavy (non-hydrogen) atoms. The van der Waals surface area contributed by atoms with Crippen LogP contribution >= 0.6 is 11.6 Å². The van der Waals surface area contributed by atoms with Crippen LogP contribution in [0.4, 0.5) is 23.0 Å². The zero-order valence-electron chi connectivity index (χ0n) is 15.6. The Hall–Kier alpha value is -3.49. The molecular formula is C21H16ClN5O2S. The van der Waals surface area contributed by atoms with Gasteiger partial charge in [0.25, 0.3) is 10.0 Å². The minimum absolute atomic E-state index is 0.130. The van der Waals surface area contributed by atoms with Crippen LogP contribution in [0.2, 0.25) is 5.02 Å². The summed E-state index contributed by atoms with van der Waals surface area (Å²) in [5.41, 5.74) is 1.95. The first kappa shape index (κ1) is 19.8. The lowest BCUT2D eigenvalue weighted by molar-refractivity contribution is 0.601. The summed E-state index contributed by atoms with van der Waals surface area (Å²) in [6, 6.07) is 18.3. The number of rotatable bonds is 6. The van der Waals surface area contributed by atoms with Gasteiger partial charge < -0.3 is 0 Å². The third kappa shape index (κ3) is 4.40. The second kappa shape index (κ2) is 8.48. The minimum Gasteiger partial charge on any atom is -0.280 e. The van der Waals surface area contributed by atoms with Gasteiger partial charge in [0, 0.05) is 35.0 Å². The number of hydrogen-bond donors (Lipinski definition) is 1. The Bertz CT molecular complexity index is 1180. The highest BCUT2D eigenvalue weighted by Gasteiger charge is 2.17. The molecule has 2 heterocycles. The normalized spacial score (nSPS) is 11.1. The van der Waals surface area contributed by atoms with Gasteiger partial charge >= 0.3 is 0 Å². The highest BCUT2D eigenvalue weighted by atomic mass is 35.5. The Morgan fingerprint density at radius 1 is 0.800 bits per heavy atom. The van der Waals surface area contributed by atoms with E-state index in [1.807, 2.05) is 17.0 Å². The lowest BCUT2D eigenvalue weighted by atomic mass is 10.2. The third-order valence-corrected chi connectivity index (χ3v) is 5.81. The highest BCUT2D eigenvalue weighted by Crippen LogP contribution is 2.32. The van der Waals surface area contributed by atoms with Crippen molar-refractivity contribution in [3.63, 3.8) is 0 Å². The predicted molar refractivity (Wildman–Crippen MR) is 117 cm³/mol. The summed E-state index contributed by atoms with van der Waals surface area (Å²) in [7, 11) is -3.72. The lowest BCUT2D eigenvalue weighted by Crippen LogP contribution is -2.14. The molecular weight excluding hydrogens is 422 g/mol. The van der Waals surface area contributed by atoms with Gasteiger partial charge in [0.2, 0.25) is 5.95 Å². The van der Waals surface area contributed by atoms with E-state index < -0.39 is 10.0 Å². The summed E-state index contributed by atoms with van der Waals surface area (Å²) in [6.07, 6.45) is 6.69. The monoisotopic (exact) mass is 437 g/mol. The van der Waals surface area contributed by atoms with Gasteiger partial charge in [-0.2, -0.15) is 0 Å². The van der Waals surface area contributed by atoms with Crippen molar-refractivity contribution in [2.24, 2.45) is 0 Å². The van der Waals surface area contributed by atoms with Crippen LogP contribution in [-0.4, -0.2) is 23.4 Å². The number of aromatic nitrogens is 3. The lowest BCUT2D eigenvalue weighted by Gasteiger charge is -2.22. The molecule has 0 unspecified atom stereocenters. The van der Waals surface area contributed by atoms with E-state index >= 15 is 0 Å². The van der Waals surface area contributed by atoms with E-state index in [1.54, 1.807) is 55.1 Å². The number of halogens is 1. The van der Waals surface area contributed by atoms with Crippen LogP contribution in [0.15, 0.2) is 96.4 Å². The van der Waals surface area contributed by atoms with E-state index in [0.717, 1.165) is 11.4 Å². The number of pyridine rings is 1. The molecule has 0 amide bonds. The molecule has 7 nitrogen and oxygen atoms in total. The summed E-state index contributed by atoms with van der Waals surface area (Å²) in [4.78, 5) is 14.8. The van der Waals surface area contributed by atoms with Crippen LogP contribution in [0.1, 0.15) is 0 Å². The number of hydrogen-bond acceptors (Lipinski definition) is 6. The largest absolute Gasteiger partial charge is 0.280 e. The number of anilines is 4. The van der Waals surface area contributed by atoms with Crippen LogP contribution in [0.5, 0.6) is 0 Å². The number of benzene rings is 2. The average molecular weight is 438 g/mol. The van der Waals surface area contributed by atoms with Crippen LogP contribution in [0.25, 0.3) is 0 Å². The molecule has 0 aliphatic heterocycles. The fourth-order valence-corrected chi connectivity index (χ4v) is 3.96. The van der Waals surface area contributed by atoms with Crippen LogP contribution < -0.4 is 9.62 Å². The Morgan fingerprint density at radius 2 is 1.50 bits per heavy atom. The van der Waals surface area contributed by atoms with Crippen molar-refractivity contribution < 1.29 is 8.42 Å². The molecule has 9 heteroatoms. The molecule has 4 aromatic rings. The quantitative estimate of drug-likeness (QED) is 0.466. The molecule has 4 rings (SSSR count). The second-order valence-electron chi connectivity index (χ2n) is 6.20. The van der Waals surface area contributed by atoms with Crippen LogP contribution in [0.3, 0.4) is 0 Å². The zero-order valence-corrected chi connectivity index (χ0v) is 17.1. The van der Waals surface area contributed by atoms with Gasteiger partial charge in [-0.05, 0) is 66.7 Å². The Balaban J connectivity index is 1.63. The molecule has 0 spiro atoms. The van der Waals surface area contributed by atoms with Crippen molar-refractivity contribution in [2.45, 2.75) is 4.90 Å². The maximum atomic E-state index is 12.6. The fourth-order valence-electron chi connectivity index (χ4n) is 2.78. The molecule has 150 valence electrons. The molecule has 0 saturated carbocycles. The van der Waals surface area contributed by atoms with Crippen molar-refractivity contribution >= 4 is 44.6 Å². The van der Waals surface area contributed by atoms with Gasteiger partial charge in [0.1, 0.15) is 0 Å². The summed E-state index contributed by atoms with van der Waals surface area (Å²) in [6.45, 7) is 0. The highest BCUT2D eigenvalue weighted by molar-refractivity contribution is 7.92. The van der Waals surface area contributed by atoms with Crippen molar-refractivity contribution in [3.8, 4) is 0 Å². The van der Waals surface area contributed by atoms with Gasteiger partial charge in [0.15, 0.2) is 0 Å². The second-order valence-corrected chi connectivity index (χ2v) is 8.32. The Labute approximate surface area is 179 Å².